The molecule has 1 aliphatic rings. The lowest BCUT2D eigenvalue weighted by atomic mass is 10.1. The predicted molar refractivity (Wildman–Crippen MR) is 55.1 cm³/mol. The van der Waals surface area contributed by atoms with Crippen molar-refractivity contribution < 1.29 is 27.9 Å². The Hall–Kier alpha value is -2.02. The first-order valence-electron chi connectivity index (χ1n) is 4.92. The van der Waals surface area contributed by atoms with E-state index in [1.165, 1.54) is 18.2 Å². The molecule has 0 amide bonds. The zero-order valence-corrected chi connectivity index (χ0v) is 8.86. The van der Waals surface area contributed by atoms with E-state index in [1.54, 1.807) is 0 Å². The summed E-state index contributed by atoms with van der Waals surface area (Å²) in [5.74, 6) is -1.18. The molecular weight excluding hydrogens is 251 g/mol. The molecule has 0 aliphatic carbocycles. The summed E-state index contributed by atoms with van der Waals surface area (Å²) in [6.07, 6.45) is -4.25. The number of carbonyl (C=O) groups is 1. The normalized spacial score (nSPS) is 19.3. The highest BCUT2D eigenvalue weighted by Crippen LogP contribution is 2.30. The summed E-state index contributed by atoms with van der Waals surface area (Å²) in [6, 6.07) is 4.34. The van der Waals surface area contributed by atoms with Gasteiger partial charge in [-0.2, -0.15) is 13.2 Å². The molecule has 0 aromatic heterocycles. The van der Waals surface area contributed by atoms with Crippen molar-refractivity contribution in [1.29, 1.82) is 0 Å². The van der Waals surface area contributed by atoms with Crippen LogP contribution in [-0.4, -0.2) is 17.2 Å². The number of aliphatic carboxylic acids is 1. The molecule has 1 aliphatic heterocycles. The second-order valence-corrected chi connectivity index (χ2v) is 3.63. The van der Waals surface area contributed by atoms with E-state index >= 15 is 0 Å². The van der Waals surface area contributed by atoms with Crippen molar-refractivity contribution in [2.45, 2.75) is 12.3 Å². The molecule has 18 heavy (non-hydrogen) atoms. The number of carboxylic acid groups (broad SMARTS) is 1. The monoisotopic (exact) mass is 259 g/mol. The average Bonchev–Trinajstić information content (AvgIpc) is 2.77. The number of carboxylic acids is 1. The van der Waals surface area contributed by atoms with E-state index in [1.807, 2.05) is 0 Å². The maximum absolute atomic E-state index is 12.3. The lowest BCUT2D eigenvalue weighted by Gasteiger charge is -2.08. The van der Waals surface area contributed by atoms with E-state index in [4.69, 9.17) is 9.94 Å². The molecule has 0 saturated heterocycles. The molecule has 0 spiro atoms. The van der Waals surface area contributed by atoms with Gasteiger partial charge >= 0.3 is 12.1 Å². The van der Waals surface area contributed by atoms with Crippen molar-refractivity contribution in [3.63, 3.8) is 0 Å². The third-order valence-corrected chi connectivity index (χ3v) is 2.38. The van der Waals surface area contributed by atoms with E-state index in [-0.39, 0.29) is 0 Å². The van der Waals surface area contributed by atoms with Crippen molar-refractivity contribution in [2.24, 2.45) is 0 Å². The van der Waals surface area contributed by atoms with Gasteiger partial charge in [-0.15, -0.1) is 0 Å². The van der Waals surface area contributed by atoms with Crippen LogP contribution in [-0.2, 0) is 15.8 Å². The van der Waals surface area contributed by atoms with Crippen molar-refractivity contribution in [2.75, 3.05) is 0 Å². The van der Waals surface area contributed by atoms with Gasteiger partial charge in [-0.25, -0.2) is 4.79 Å². The first-order chi connectivity index (χ1) is 8.38. The molecule has 0 radical (unpaired) electrons. The molecule has 0 saturated carbocycles. The van der Waals surface area contributed by atoms with Crippen LogP contribution >= 0.6 is 0 Å². The number of hydroxylamine groups is 1. The third kappa shape index (κ3) is 2.45. The van der Waals surface area contributed by atoms with Crippen molar-refractivity contribution in [3.05, 3.63) is 41.5 Å². The number of nitrogens with one attached hydrogen (secondary N) is 1. The van der Waals surface area contributed by atoms with Gasteiger partial charge in [0.25, 0.3) is 0 Å². The third-order valence-electron chi connectivity index (χ3n) is 2.38. The molecule has 4 nitrogen and oxygen atoms in total. The highest BCUT2D eigenvalue weighted by atomic mass is 19.4. The van der Waals surface area contributed by atoms with E-state index in [0.29, 0.717) is 11.3 Å². The second kappa shape index (κ2) is 4.34. The Morgan fingerprint density at radius 3 is 2.33 bits per heavy atom. The Balaban J connectivity index is 2.21. The lowest BCUT2D eigenvalue weighted by molar-refractivity contribution is -0.148. The maximum atomic E-state index is 12.3. The fraction of sp³-hybridized carbons (Fsp3) is 0.182. The molecule has 96 valence electrons. The zero-order valence-electron chi connectivity index (χ0n) is 8.86. The summed E-state index contributed by atoms with van der Waals surface area (Å²) in [4.78, 5) is 15.3. The first-order valence-corrected chi connectivity index (χ1v) is 4.92. The standard InChI is InChI=1S/C11H8F3NO3/c12-11(13,14)7-3-1-6(2-4-7)8-5-9(10(16)17)18-15-8/h1-5,9,15H,(H,16,17). The lowest BCUT2D eigenvalue weighted by Crippen LogP contribution is -2.20. The van der Waals surface area contributed by atoms with E-state index in [9.17, 15) is 18.0 Å². The number of halogens is 3. The SMILES string of the molecule is O=C(O)C1C=C(c2ccc(C(F)(F)F)cc2)NO1. The largest absolute Gasteiger partial charge is 0.479 e. The molecule has 1 heterocycles. The van der Waals surface area contributed by atoms with Crippen LogP contribution in [0.25, 0.3) is 5.70 Å². The Bertz CT molecular complexity index is 493. The van der Waals surface area contributed by atoms with Crippen LogP contribution in [0.5, 0.6) is 0 Å². The van der Waals surface area contributed by atoms with Crippen LogP contribution in [0, 0.1) is 0 Å². The summed E-state index contributed by atoms with van der Waals surface area (Å²) in [6.45, 7) is 0. The van der Waals surface area contributed by atoms with Gasteiger partial charge in [0.1, 0.15) is 0 Å². The van der Waals surface area contributed by atoms with Crippen molar-refractivity contribution in [1.82, 2.24) is 5.48 Å². The molecule has 2 rings (SSSR count). The molecule has 7 heteroatoms. The van der Waals surface area contributed by atoms with E-state index in [0.717, 1.165) is 12.1 Å². The van der Waals surface area contributed by atoms with E-state index < -0.39 is 23.8 Å². The molecule has 1 aromatic rings. The molecule has 0 bridgehead atoms. The van der Waals surface area contributed by atoms with Crippen molar-refractivity contribution in [3.8, 4) is 0 Å². The average molecular weight is 259 g/mol. The zero-order chi connectivity index (χ0) is 13.3. The fourth-order valence-corrected chi connectivity index (χ4v) is 1.46. The Kier molecular flexibility index (Phi) is 3.00. The Morgan fingerprint density at radius 2 is 1.89 bits per heavy atom. The summed E-state index contributed by atoms with van der Waals surface area (Å²) in [5, 5.41) is 8.67. The van der Waals surface area contributed by atoms with Crippen LogP contribution in [0.1, 0.15) is 11.1 Å². The number of hydrogen-bond acceptors (Lipinski definition) is 3. The van der Waals surface area contributed by atoms with Crippen LogP contribution in [0.15, 0.2) is 30.3 Å². The predicted octanol–water partition coefficient (Wildman–Crippen LogP) is 2.03. The smallest absolute Gasteiger partial charge is 0.416 e. The minimum Gasteiger partial charge on any atom is -0.479 e. The summed E-state index contributed by atoms with van der Waals surface area (Å²) < 4.78 is 37.0. The highest BCUT2D eigenvalue weighted by Gasteiger charge is 2.30. The van der Waals surface area contributed by atoms with Crippen LogP contribution in [0.4, 0.5) is 13.2 Å². The van der Waals surface area contributed by atoms with Gasteiger partial charge in [0.2, 0.25) is 6.10 Å². The van der Waals surface area contributed by atoms with Crippen LogP contribution < -0.4 is 5.48 Å². The second-order valence-electron chi connectivity index (χ2n) is 3.63. The van der Waals surface area contributed by atoms with Gasteiger partial charge in [0, 0.05) is 0 Å². The van der Waals surface area contributed by atoms with E-state index in [2.05, 4.69) is 5.48 Å². The molecule has 1 unspecified atom stereocenters. The molecule has 2 N–H and O–H groups in total. The van der Waals surface area contributed by atoms with Crippen LogP contribution in [0.3, 0.4) is 0 Å². The number of rotatable bonds is 2. The summed E-state index contributed by atoms with van der Waals surface area (Å²) in [7, 11) is 0. The molecule has 1 aromatic carbocycles. The Morgan fingerprint density at radius 1 is 1.28 bits per heavy atom. The van der Waals surface area contributed by atoms with Gasteiger partial charge in [-0.3, -0.25) is 10.3 Å². The number of benzene rings is 1. The summed E-state index contributed by atoms with van der Waals surface area (Å²) >= 11 is 0. The fourth-order valence-electron chi connectivity index (χ4n) is 1.46. The van der Waals surface area contributed by atoms with Gasteiger partial charge in [-0.05, 0) is 23.8 Å². The number of hydrogen-bond donors (Lipinski definition) is 2. The van der Waals surface area contributed by atoms with Gasteiger partial charge in [-0.1, -0.05) is 12.1 Å². The summed E-state index contributed by atoms with van der Waals surface area (Å²) in [5.41, 5.74) is 2.35. The number of alkyl halides is 3. The van der Waals surface area contributed by atoms with Crippen LogP contribution in [0.2, 0.25) is 0 Å². The topological polar surface area (TPSA) is 58.6 Å². The van der Waals surface area contributed by atoms with Gasteiger partial charge in [0.05, 0.1) is 11.3 Å². The van der Waals surface area contributed by atoms with Gasteiger partial charge in [0.15, 0.2) is 0 Å². The minimum absolute atomic E-state index is 0.330. The molecule has 0 fully saturated rings. The highest BCUT2D eigenvalue weighted by molar-refractivity contribution is 5.80. The molecule has 1 atom stereocenters. The van der Waals surface area contributed by atoms with Crippen molar-refractivity contribution >= 4 is 11.7 Å². The molecular formula is C11H8F3NO3. The first kappa shape index (κ1) is 12.4. The minimum atomic E-state index is -4.39. The quantitative estimate of drug-likeness (QED) is 0.853. The van der Waals surface area contributed by atoms with Gasteiger partial charge < -0.3 is 5.11 Å². The Labute approximate surface area is 99.6 Å². The maximum Gasteiger partial charge on any atom is 0.416 e.